The number of aryl methyl sites for hydroxylation is 1. The zero-order chi connectivity index (χ0) is 14.3. The molecule has 102 valence electrons. The van der Waals surface area contributed by atoms with Gasteiger partial charge in [-0.25, -0.2) is 0 Å². The fraction of sp³-hybridized carbons (Fsp3) is 0.176. The summed E-state index contributed by atoms with van der Waals surface area (Å²) in [6, 6.07) is 15.0. The van der Waals surface area contributed by atoms with Crippen molar-refractivity contribution in [1.29, 1.82) is 0 Å². The highest BCUT2D eigenvalue weighted by molar-refractivity contribution is 6.31. The molecule has 0 aliphatic rings. The highest BCUT2D eigenvalue weighted by Crippen LogP contribution is 2.35. The van der Waals surface area contributed by atoms with E-state index in [0.717, 1.165) is 22.1 Å². The third kappa shape index (κ3) is 2.11. The second-order valence-electron chi connectivity index (χ2n) is 5.18. The summed E-state index contributed by atoms with van der Waals surface area (Å²) in [6.07, 6.45) is 0. The zero-order valence-electron chi connectivity index (χ0n) is 11.4. The SMILES string of the molecule is Cc1ccccc1C(C)(O)c1cc2cc(Cl)ccc2o1. The van der Waals surface area contributed by atoms with Crippen LogP contribution in [0.5, 0.6) is 0 Å². The largest absolute Gasteiger partial charge is 0.458 e. The fourth-order valence-corrected chi connectivity index (χ4v) is 2.69. The molecule has 3 aromatic rings. The topological polar surface area (TPSA) is 33.4 Å². The number of hydrogen-bond acceptors (Lipinski definition) is 2. The normalized spacial score (nSPS) is 14.4. The molecular formula is C17H15ClO2. The number of benzene rings is 2. The molecule has 1 unspecified atom stereocenters. The van der Waals surface area contributed by atoms with Crippen molar-refractivity contribution in [2.75, 3.05) is 0 Å². The van der Waals surface area contributed by atoms with Crippen molar-refractivity contribution in [3.8, 4) is 0 Å². The Morgan fingerprint density at radius 3 is 2.60 bits per heavy atom. The minimum Gasteiger partial charge on any atom is -0.458 e. The van der Waals surface area contributed by atoms with Gasteiger partial charge < -0.3 is 9.52 Å². The maximum absolute atomic E-state index is 10.9. The van der Waals surface area contributed by atoms with Gasteiger partial charge in [0.05, 0.1) is 0 Å². The quantitative estimate of drug-likeness (QED) is 0.744. The molecule has 0 saturated carbocycles. The molecule has 0 amide bonds. The van der Waals surface area contributed by atoms with Gasteiger partial charge in [0, 0.05) is 10.4 Å². The maximum atomic E-state index is 10.9. The number of rotatable bonds is 2. The lowest BCUT2D eigenvalue weighted by molar-refractivity contribution is 0.0780. The predicted octanol–water partition coefficient (Wildman–Crippen LogP) is 4.65. The second kappa shape index (κ2) is 4.65. The lowest BCUT2D eigenvalue weighted by Gasteiger charge is -2.23. The summed E-state index contributed by atoms with van der Waals surface area (Å²) < 4.78 is 5.79. The van der Waals surface area contributed by atoms with E-state index in [0.29, 0.717) is 10.8 Å². The van der Waals surface area contributed by atoms with Gasteiger partial charge in [-0.05, 0) is 49.2 Å². The predicted molar refractivity (Wildman–Crippen MR) is 81.1 cm³/mol. The highest BCUT2D eigenvalue weighted by atomic mass is 35.5. The Labute approximate surface area is 122 Å². The summed E-state index contributed by atoms with van der Waals surface area (Å²) >= 11 is 5.98. The van der Waals surface area contributed by atoms with E-state index < -0.39 is 5.60 Å². The van der Waals surface area contributed by atoms with Gasteiger partial charge in [0.15, 0.2) is 0 Å². The van der Waals surface area contributed by atoms with Crippen molar-refractivity contribution < 1.29 is 9.52 Å². The van der Waals surface area contributed by atoms with Crippen LogP contribution in [0.25, 0.3) is 11.0 Å². The molecule has 0 radical (unpaired) electrons. The minimum atomic E-state index is -1.17. The van der Waals surface area contributed by atoms with Crippen LogP contribution in [0.1, 0.15) is 23.8 Å². The monoisotopic (exact) mass is 286 g/mol. The van der Waals surface area contributed by atoms with Crippen molar-refractivity contribution in [2.45, 2.75) is 19.4 Å². The summed E-state index contributed by atoms with van der Waals surface area (Å²) in [6.45, 7) is 3.72. The summed E-state index contributed by atoms with van der Waals surface area (Å²) in [7, 11) is 0. The third-order valence-electron chi connectivity index (χ3n) is 3.63. The van der Waals surface area contributed by atoms with Crippen LogP contribution in [0.2, 0.25) is 5.02 Å². The lowest BCUT2D eigenvalue weighted by Crippen LogP contribution is -2.23. The van der Waals surface area contributed by atoms with E-state index in [1.54, 1.807) is 13.0 Å². The van der Waals surface area contributed by atoms with Crippen LogP contribution in [0, 0.1) is 6.92 Å². The first-order valence-electron chi connectivity index (χ1n) is 6.46. The average Bonchev–Trinajstić information content (AvgIpc) is 2.82. The van der Waals surface area contributed by atoms with Gasteiger partial charge in [-0.15, -0.1) is 0 Å². The Kier molecular flexibility index (Phi) is 3.08. The van der Waals surface area contributed by atoms with E-state index >= 15 is 0 Å². The molecule has 0 fully saturated rings. The lowest BCUT2D eigenvalue weighted by atomic mass is 9.90. The van der Waals surface area contributed by atoms with E-state index in [1.807, 2.05) is 49.4 Å². The van der Waals surface area contributed by atoms with Crippen LogP contribution >= 0.6 is 11.6 Å². The van der Waals surface area contributed by atoms with Crippen molar-refractivity contribution in [2.24, 2.45) is 0 Å². The molecule has 2 nitrogen and oxygen atoms in total. The van der Waals surface area contributed by atoms with E-state index in [4.69, 9.17) is 16.0 Å². The molecule has 1 atom stereocenters. The summed E-state index contributed by atoms with van der Waals surface area (Å²) in [5.74, 6) is 0.518. The smallest absolute Gasteiger partial charge is 0.144 e. The summed E-state index contributed by atoms with van der Waals surface area (Å²) in [5.41, 5.74) is 1.41. The van der Waals surface area contributed by atoms with Crippen molar-refractivity contribution in [3.05, 3.63) is 70.4 Å². The maximum Gasteiger partial charge on any atom is 0.144 e. The van der Waals surface area contributed by atoms with Crippen LogP contribution < -0.4 is 0 Å². The van der Waals surface area contributed by atoms with Crippen LogP contribution in [0.3, 0.4) is 0 Å². The van der Waals surface area contributed by atoms with Gasteiger partial charge in [-0.2, -0.15) is 0 Å². The molecule has 3 rings (SSSR count). The second-order valence-corrected chi connectivity index (χ2v) is 5.62. The van der Waals surface area contributed by atoms with Crippen molar-refractivity contribution in [1.82, 2.24) is 0 Å². The van der Waals surface area contributed by atoms with Crippen LogP contribution in [-0.4, -0.2) is 5.11 Å². The molecule has 20 heavy (non-hydrogen) atoms. The molecule has 0 bridgehead atoms. The molecular weight excluding hydrogens is 272 g/mol. The molecule has 1 aromatic heterocycles. The first-order chi connectivity index (χ1) is 9.48. The molecule has 3 heteroatoms. The van der Waals surface area contributed by atoms with Gasteiger partial charge in [-0.1, -0.05) is 35.9 Å². The molecule has 0 aliphatic heterocycles. The van der Waals surface area contributed by atoms with Crippen LogP contribution in [-0.2, 0) is 5.60 Å². The number of aliphatic hydroxyl groups is 1. The first kappa shape index (κ1) is 13.2. The van der Waals surface area contributed by atoms with E-state index in [9.17, 15) is 5.11 Å². The Bertz CT molecular complexity index is 772. The van der Waals surface area contributed by atoms with Gasteiger partial charge in [0.25, 0.3) is 0 Å². The van der Waals surface area contributed by atoms with E-state index in [-0.39, 0.29) is 0 Å². The van der Waals surface area contributed by atoms with Crippen LogP contribution in [0.4, 0.5) is 0 Å². The highest BCUT2D eigenvalue weighted by Gasteiger charge is 2.30. The molecule has 1 heterocycles. The Hall–Kier alpha value is -1.77. The summed E-state index contributed by atoms with van der Waals surface area (Å²) in [4.78, 5) is 0. The summed E-state index contributed by atoms with van der Waals surface area (Å²) in [5, 5.41) is 12.4. The van der Waals surface area contributed by atoms with Crippen molar-refractivity contribution >= 4 is 22.6 Å². The van der Waals surface area contributed by atoms with Gasteiger partial charge in [0.2, 0.25) is 0 Å². The molecule has 1 N–H and O–H groups in total. The third-order valence-corrected chi connectivity index (χ3v) is 3.86. The zero-order valence-corrected chi connectivity index (χ0v) is 12.1. The average molecular weight is 287 g/mol. The molecule has 0 spiro atoms. The van der Waals surface area contributed by atoms with Gasteiger partial charge >= 0.3 is 0 Å². The van der Waals surface area contributed by atoms with E-state index in [1.165, 1.54) is 0 Å². The number of hydrogen-bond donors (Lipinski definition) is 1. The minimum absolute atomic E-state index is 0.518. The standard InChI is InChI=1S/C17H15ClO2/c1-11-5-3-4-6-14(11)17(2,19)16-10-12-9-13(18)7-8-15(12)20-16/h3-10,19H,1-2H3. The van der Waals surface area contributed by atoms with Crippen molar-refractivity contribution in [3.63, 3.8) is 0 Å². The molecule has 0 aliphatic carbocycles. The number of furan rings is 1. The van der Waals surface area contributed by atoms with Crippen LogP contribution in [0.15, 0.2) is 52.9 Å². The van der Waals surface area contributed by atoms with Gasteiger partial charge in [-0.3, -0.25) is 0 Å². The Morgan fingerprint density at radius 1 is 1.10 bits per heavy atom. The Balaban J connectivity index is 2.16. The number of fused-ring (bicyclic) bond motifs is 1. The number of halogens is 1. The fourth-order valence-electron chi connectivity index (χ4n) is 2.51. The molecule has 2 aromatic carbocycles. The van der Waals surface area contributed by atoms with E-state index in [2.05, 4.69) is 0 Å². The Morgan fingerprint density at radius 2 is 1.85 bits per heavy atom. The van der Waals surface area contributed by atoms with Gasteiger partial charge in [0.1, 0.15) is 16.9 Å². The first-order valence-corrected chi connectivity index (χ1v) is 6.84. The molecule has 0 saturated heterocycles.